The Morgan fingerprint density at radius 1 is 1.16 bits per heavy atom. The summed E-state index contributed by atoms with van der Waals surface area (Å²) in [6, 6.07) is 17.4. The average molecular weight is 411 g/mol. The minimum atomic E-state index is -0.909. The van der Waals surface area contributed by atoms with Gasteiger partial charge in [-0.1, -0.05) is 36.4 Å². The summed E-state index contributed by atoms with van der Waals surface area (Å²) in [6.45, 7) is 2.15. The Morgan fingerprint density at radius 3 is 2.71 bits per heavy atom. The molecule has 6 heteroatoms. The third-order valence-electron chi connectivity index (χ3n) is 5.20. The van der Waals surface area contributed by atoms with Gasteiger partial charge in [0.1, 0.15) is 0 Å². The maximum Gasteiger partial charge on any atom is 0.331 e. The molecule has 4 aromatic rings. The molecule has 2 aromatic heterocycles. The van der Waals surface area contributed by atoms with Gasteiger partial charge in [0.25, 0.3) is 0 Å². The van der Waals surface area contributed by atoms with Gasteiger partial charge in [0.2, 0.25) is 5.78 Å². The molecule has 0 unspecified atom stereocenters. The molecule has 31 heavy (non-hydrogen) atoms. The number of esters is 1. The molecule has 0 aliphatic rings. The fraction of sp³-hybridized carbons (Fsp3) is 0.160. The molecule has 0 spiro atoms. The van der Waals surface area contributed by atoms with Crippen LogP contribution in [-0.2, 0) is 16.1 Å². The first-order chi connectivity index (χ1) is 15.1. The summed E-state index contributed by atoms with van der Waals surface area (Å²) >= 11 is 0. The van der Waals surface area contributed by atoms with Gasteiger partial charge < -0.3 is 14.3 Å². The smallest absolute Gasteiger partial charge is 0.331 e. The number of hydrogen-bond donors (Lipinski definition) is 1. The van der Waals surface area contributed by atoms with Gasteiger partial charge in [-0.05, 0) is 25.1 Å². The van der Waals surface area contributed by atoms with Crippen LogP contribution in [0.15, 0.2) is 67.0 Å². The predicted molar refractivity (Wildman–Crippen MR) is 119 cm³/mol. The molecule has 0 bridgehead atoms. The lowest BCUT2D eigenvalue weighted by atomic mass is 10.1. The van der Waals surface area contributed by atoms with E-state index in [1.807, 2.05) is 59.3 Å². The maximum absolute atomic E-state index is 12.8. The molecule has 1 atom stereocenters. The summed E-state index contributed by atoms with van der Waals surface area (Å²) in [7, 11) is 0. The number of nitrogens with one attached hydrogen (secondary N) is 1. The number of nitriles is 1. The standard InChI is InChI=1S/C25H21N3O3/c1-17(25(30)21-15-27-22-9-4-2-8-20(21)22)31-24(29)12-11-18-16-28(14-6-13-26)23-10-5-3-7-19(18)23/h2-5,7-12,15-17,27H,6,14H2,1H3/b12-11+/t17-/m1/s1. The molecule has 0 saturated heterocycles. The predicted octanol–water partition coefficient (Wildman–Crippen LogP) is 4.86. The molecule has 0 aliphatic heterocycles. The number of ketones is 1. The number of nitrogens with zero attached hydrogens (tertiary/aromatic N) is 2. The largest absolute Gasteiger partial charge is 0.451 e. The van der Waals surface area contributed by atoms with Crippen LogP contribution in [0.5, 0.6) is 0 Å². The van der Waals surface area contributed by atoms with Gasteiger partial charge in [-0.2, -0.15) is 5.26 Å². The number of aryl methyl sites for hydroxylation is 1. The summed E-state index contributed by atoms with van der Waals surface area (Å²) in [4.78, 5) is 28.2. The summed E-state index contributed by atoms with van der Waals surface area (Å²) in [5, 5.41) is 10.7. The normalized spacial score (nSPS) is 12.3. The van der Waals surface area contributed by atoms with E-state index in [4.69, 9.17) is 10.00 Å². The number of carbonyl (C=O) groups excluding carboxylic acids is 2. The Morgan fingerprint density at radius 2 is 1.90 bits per heavy atom. The van der Waals surface area contributed by atoms with Crippen molar-refractivity contribution in [3.63, 3.8) is 0 Å². The van der Waals surface area contributed by atoms with Crippen molar-refractivity contribution in [1.29, 1.82) is 5.26 Å². The highest BCUT2D eigenvalue weighted by molar-refractivity contribution is 6.10. The van der Waals surface area contributed by atoms with E-state index in [1.54, 1.807) is 19.2 Å². The number of rotatable bonds is 7. The Balaban J connectivity index is 1.48. The highest BCUT2D eigenvalue weighted by atomic mass is 16.5. The first-order valence-corrected chi connectivity index (χ1v) is 10.0. The van der Waals surface area contributed by atoms with Crippen LogP contribution < -0.4 is 0 Å². The third kappa shape index (κ3) is 4.12. The second-order valence-corrected chi connectivity index (χ2v) is 7.23. The summed E-state index contributed by atoms with van der Waals surface area (Å²) in [6.07, 6.45) is 6.05. The number of Topliss-reactive ketones (excluding diaryl/α,β-unsaturated/α-hetero) is 1. The molecule has 0 radical (unpaired) electrons. The Bertz CT molecular complexity index is 1340. The molecular weight excluding hydrogens is 390 g/mol. The molecule has 0 saturated carbocycles. The topological polar surface area (TPSA) is 87.9 Å². The minimum absolute atomic E-state index is 0.257. The zero-order chi connectivity index (χ0) is 21.8. The van der Waals surface area contributed by atoms with Crippen LogP contribution >= 0.6 is 0 Å². The lowest BCUT2D eigenvalue weighted by Crippen LogP contribution is -2.23. The molecule has 2 aromatic carbocycles. The average Bonchev–Trinajstić information content (AvgIpc) is 3.37. The van der Waals surface area contributed by atoms with Crippen molar-refractivity contribution in [2.45, 2.75) is 26.0 Å². The summed E-state index contributed by atoms with van der Waals surface area (Å²) < 4.78 is 7.34. The van der Waals surface area contributed by atoms with E-state index in [1.165, 1.54) is 6.08 Å². The SMILES string of the molecule is C[C@@H](OC(=O)/C=C/c1cn(CCC#N)c2ccccc12)C(=O)c1c[nH]c2ccccc12. The van der Waals surface area contributed by atoms with Crippen LogP contribution in [0, 0.1) is 11.3 Å². The van der Waals surface area contributed by atoms with Gasteiger partial charge in [0.15, 0.2) is 6.10 Å². The second kappa shape index (κ2) is 8.72. The summed E-state index contributed by atoms with van der Waals surface area (Å²) in [5.41, 5.74) is 3.20. The third-order valence-corrected chi connectivity index (χ3v) is 5.20. The van der Waals surface area contributed by atoms with Crippen LogP contribution in [0.3, 0.4) is 0 Å². The summed E-state index contributed by atoms with van der Waals surface area (Å²) in [5.74, 6) is -0.846. The van der Waals surface area contributed by atoms with Crippen LogP contribution in [0.2, 0.25) is 0 Å². The van der Waals surface area contributed by atoms with E-state index in [2.05, 4.69) is 11.1 Å². The van der Waals surface area contributed by atoms with Gasteiger partial charge in [-0.3, -0.25) is 4.79 Å². The second-order valence-electron chi connectivity index (χ2n) is 7.23. The van der Waals surface area contributed by atoms with Gasteiger partial charge in [-0.15, -0.1) is 0 Å². The van der Waals surface area contributed by atoms with E-state index in [-0.39, 0.29) is 5.78 Å². The van der Waals surface area contributed by atoms with Crippen LogP contribution in [0.1, 0.15) is 29.3 Å². The number of aromatic amines is 1. The Hall–Kier alpha value is -4.11. The van der Waals surface area contributed by atoms with E-state index in [9.17, 15) is 9.59 Å². The molecule has 0 amide bonds. The van der Waals surface area contributed by atoms with E-state index in [0.29, 0.717) is 18.5 Å². The fourth-order valence-electron chi connectivity index (χ4n) is 3.68. The van der Waals surface area contributed by atoms with Crippen LogP contribution in [0.4, 0.5) is 0 Å². The number of hydrogen-bond acceptors (Lipinski definition) is 4. The van der Waals surface area contributed by atoms with Crippen LogP contribution in [-0.4, -0.2) is 27.4 Å². The maximum atomic E-state index is 12.8. The van der Waals surface area contributed by atoms with E-state index >= 15 is 0 Å². The monoisotopic (exact) mass is 411 g/mol. The Kier molecular flexibility index (Phi) is 5.67. The van der Waals surface area contributed by atoms with E-state index < -0.39 is 12.1 Å². The van der Waals surface area contributed by atoms with Crippen molar-refractivity contribution < 1.29 is 14.3 Å². The first kappa shape index (κ1) is 20.2. The quantitative estimate of drug-likeness (QED) is 0.267. The molecular formula is C25H21N3O3. The van der Waals surface area contributed by atoms with Crippen molar-refractivity contribution in [2.75, 3.05) is 0 Å². The van der Waals surface area contributed by atoms with Gasteiger partial charge in [0.05, 0.1) is 12.5 Å². The minimum Gasteiger partial charge on any atom is -0.451 e. The Labute approximate surface area is 179 Å². The van der Waals surface area contributed by atoms with Gasteiger partial charge in [0, 0.05) is 57.9 Å². The van der Waals surface area contributed by atoms with Gasteiger partial charge >= 0.3 is 5.97 Å². The molecule has 4 rings (SSSR count). The number of carbonyl (C=O) groups is 2. The number of benzene rings is 2. The van der Waals surface area contributed by atoms with Crippen molar-refractivity contribution in [2.24, 2.45) is 0 Å². The number of para-hydroxylation sites is 2. The molecule has 2 heterocycles. The molecule has 154 valence electrons. The van der Waals surface area contributed by atoms with Crippen molar-refractivity contribution in [1.82, 2.24) is 9.55 Å². The number of ether oxygens (including phenoxy) is 1. The number of aromatic nitrogens is 2. The lowest BCUT2D eigenvalue weighted by molar-refractivity contribution is -0.140. The van der Waals surface area contributed by atoms with Crippen molar-refractivity contribution in [3.05, 3.63) is 78.1 Å². The fourth-order valence-corrected chi connectivity index (χ4v) is 3.68. The molecule has 0 fully saturated rings. The van der Waals surface area contributed by atoms with E-state index in [0.717, 1.165) is 27.4 Å². The van der Waals surface area contributed by atoms with Crippen LogP contribution in [0.25, 0.3) is 27.9 Å². The molecule has 1 N–H and O–H groups in total. The zero-order valence-electron chi connectivity index (χ0n) is 17.0. The highest BCUT2D eigenvalue weighted by Crippen LogP contribution is 2.23. The molecule has 6 nitrogen and oxygen atoms in total. The zero-order valence-corrected chi connectivity index (χ0v) is 17.0. The molecule has 0 aliphatic carbocycles. The highest BCUT2D eigenvalue weighted by Gasteiger charge is 2.21. The van der Waals surface area contributed by atoms with Crippen molar-refractivity contribution >= 4 is 39.6 Å². The lowest BCUT2D eigenvalue weighted by Gasteiger charge is -2.10. The first-order valence-electron chi connectivity index (χ1n) is 10.0. The van der Waals surface area contributed by atoms with Crippen molar-refractivity contribution in [3.8, 4) is 6.07 Å². The number of H-pyrrole nitrogens is 1. The van der Waals surface area contributed by atoms with Gasteiger partial charge in [-0.25, -0.2) is 4.79 Å². The number of fused-ring (bicyclic) bond motifs is 2.